The second-order valence-corrected chi connectivity index (χ2v) is 11.9. The van der Waals surface area contributed by atoms with Crippen LogP contribution in [0.5, 0.6) is 0 Å². The van der Waals surface area contributed by atoms with Crippen LogP contribution >= 0.6 is 22.7 Å². The third kappa shape index (κ3) is 2.16. The molecule has 7 aromatic rings. The zero-order valence-corrected chi connectivity index (χ0v) is 20.0. The quantitative estimate of drug-likeness (QED) is 0.213. The van der Waals surface area contributed by atoms with Gasteiger partial charge < -0.3 is 0 Å². The summed E-state index contributed by atoms with van der Waals surface area (Å²) in [5.74, 6) is 0. The van der Waals surface area contributed by atoms with Crippen LogP contribution < -0.4 is 0 Å². The maximum Gasteiger partial charge on any atom is 0.0368 e. The average Bonchev–Trinajstić information content (AvgIpc) is 3.38. The van der Waals surface area contributed by atoms with Gasteiger partial charge in [0.25, 0.3) is 0 Å². The monoisotopic (exact) mass is 456 g/mol. The second kappa shape index (κ2) is 6.02. The van der Waals surface area contributed by atoms with Crippen molar-refractivity contribution in [2.24, 2.45) is 0 Å². The van der Waals surface area contributed by atoms with Crippen molar-refractivity contribution in [1.82, 2.24) is 0 Å². The smallest absolute Gasteiger partial charge is 0.0368 e. The lowest BCUT2D eigenvalue weighted by atomic mass is 9.66. The van der Waals surface area contributed by atoms with Gasteiger partial charge in [0.1, 0.15) is 0 Å². The van der Waals surface area contributed by atoms with Crippen LogP contribution in [-0.2, 0) is 5.41 Å². The minimum absolute atomic E-state index is 0.0787. The predicted molar refractivity (Wildman–Crippen MR) is 147 cm³/mol. The molecule has 5 aromatic carbocycles. The molecule has 0 saturated carbocycles. The maximum absolute atomic E-state index is 2.45. The highest BCUT2D eigenvalue weighted by atomic mass is 32.1. The summed E-state index contributed by atoms with van der Waals surface area (Å²) in [6.07, 6.45) is 0. The molecule has 1 aliphatic carbocycles. The Kier molecular flexibility index (Phi) is 3.33. The number of rotatable bonds is 0. The van der Waals surface area contributed by atoms with Crippen LogP contribution in [0.25, 0.3) is 62.2 Å². The van der Waals surface area contributed by atoms with E-state index in [4.69, 9.17) is 0 Å². The Morgan fingerprint density at radius 3 is 1.88 bits per heavy atom. The molecule has 0 saturated heterocycles. The molecule has 0 fully saturated rings. The first-order valence-electron chi connectivity index (χ1n) is 11.5. The van der Waals surface area contributed by atoms with Crippen molar-refractivity contribution in [2.75, 3.05) is 0 Å². The van der Waals surface area contributed by atoms with E-state index in [1.165, 1.54) is 73.4 Å². The van der Waals surface area contributed by atoms with Crippen LogP contribution in [0.4, 0.5) is 0 Å². The van der Waals surface area contributed by atoms with E-state index in [1.54, 1.807) is 0 Å². The minimum atomic E-state index is -0.0787. The maximum atomic E-state index is 2.45. The lowest BCUT2D eigenvalue weighted by Crippen LogP contribution is -2.24. The fourth-order valence-electron chi connectivity index (χ4n) is 6.26. The van der Waals surface area contributed by atoms with Crippen molar-refractivity contribution < 1.29 is 0 Å². The molecular weight excluding hydrogens is 436 g/mol. The molecule has 2 heteroatoms. The number of benzene rings is 5. The van der Waals surface area contributed by atoms with Gasteiger partial charge in [0.15, 0.2) is 0 Å². The molecule has 156 valence electrons. The highest BCUT2D eigenvalue weighted by molar-refractivity contribution is 7.26. The van der Waals surface area contributed by atoms with Crippen LogP contribution in [0, 0.1) is 0 Å². The van der Waals surface area contributed by atoms with Crippen molar-refractivity contribution in [3.8, 4) is 11.1 Å². The predicted octanol–water partition coefficient (Wildman–Crippen LogP) is 9.88. The molecule has 8 rings (SSSR count). The van der Waals surface area contributed by atoms with Crippen LogP contribution in [0.3, 0.4) is 0 Å². The summed E-state index contributed by atoms with van der Waals surface area (Å²) < 4.78 is 5.54. The van der Waals surface area contributed by atoms with Crippen molar-refractivity contribution >= 4 is 73.8 Å². The first-order valence-corrected chi connectivity index (χ1v) is 13.1. The Bertz CT molecular complexity index is 1940. The molecule has 0 spiro atoms. The Hall–Kier alpha value is -3.20. The molecule has 2 aromatic heterocycles. The van der Waals surface area contributed by atoms with E-state index in [1.807, 2.05) is 22.7 Å². The third-order valence-corrected chi connectivity index (χ3v) is 9.84. The van der Waals surface area contributed by atoms with Gasteiger partial charge >= 0.3 is 0 Å². The Morgan fingerprint density at radius 1 is 0.576 bits per heavy atom. The normalized spacial score (nSPS) is 14.6. The van der Waals surface area contributed by atoms with Gasteiger partial charge in [-0.2, -0.15) is 0 Å². The van der Waals surface area contributed by atoms with Crippen LogP contribution in [-0.4, -0.2) is 0 Å². The molecule has 2 heterocycles. The summed E-state index contributed by atoms with van der Waals surface area (Å²) in [6, 6.07) is 31.9. The standard InChI is InChI=1S/C31H20S2/c1-31(2)21-12-6-3-9-18(21)29-26-17(15-24-27(29)19-10-4-7-13-22(19)32-24)16-25-28(30(26)31)20-11-5-8-14-23(20)33-25/h3-16H,1-2H3. The lowest BCUT2D eigenvalue weighted by Gasteiger charge is -2.36. The van der Waals surface area contributed by atoms with Crippen LogP contribution in [0.15, 0.2) is 84.9 Å². The highest BCUT2D eigenvalue weighted by Gasteiger charge is 2.37. The molecule has 0 bridgehead atoms. The van der Waals surface area contributed by atoms with Crippen molar-refractivity contribution in [1.29, 1.82) is 0 Å². The van der Waals surface area contributed by atoms with E-state index in [-0.39, 0.29) is 5.41 Å². The molecule has 33 heavy (non-hydrogen) atoms. The molecule has 0 amide bonds. The van der Waals surface area contributed by atoms with E-state index in [2.05, 4.69) is 98.8 Å². The molecule has 0 radical (unpaired) electrons. The van der Waals surface area contributed by atoms with E-state index in [0.717, 1.165) is 0 Å². The Balaban J connectivity index is 1.76. The molecule has 0 N–H and O–H groups in total. The average molecular weight is 457 g/mol. The fraction of sp³-hybridized carbons (Fsp3) is 0.0968. The number of hydrogen-bond donors (Lipinski definition) is 0. The summed E-state index contributed by atoms with van der Waals surface area (Å²) >= 11 is 3.86. The van der Waals surface area contributed by atoms with E-state index < -0.39 is 0 Å². The first-order chi connectivity index (χ1) is 16.1. The van der Waals surface area contributed by atoms with Gasteiger partial charge in [0, 0.05) is 45.8 Å². The lowest BCUT2D eigenvalue weighted by molar-refractivity contribution is 0.652. The summed E-state index contributed by atoms with van der Waals surface area (Å²) in [4.78, 5) is 0. The number of fused-ring (bicyclic) bond motifs is 10. The molecule has 0 nitrogen and oxygen atoms in total. The highest BCUT2D eigenvalue weighted by Crippen LogP contribution is 2.56. The zero-order chi connectivity index (χ0) is 21.9. The second-order valence-electron chi connectivity index (χ2n) is 9.71. The fourth-order valence-corrected chi connectivity index (χ4v) is 8.58. The van der Waals surface area contributed by atoms with Gasteiger partial charge in [-0.25, -0.2) is 0 Å². The molecule has 0 aliphatic heterocycles. The topological polar surface area (TPSA) is 0 Å². The first kappa shape index (κ1) is 18.3. The van der Waals surface area contributed by atoms with Crippen LogP contribution in [0.2, 0.25) is 0 Å². The van der Waals surface area contributed by atoms with Gasteiger partial charge in [0.05, 0.1) is 0 Å². The van der Waals surface area contributed by atoms with E-state index in [9.17, 15) is 0 Å². The molecule has 0 atom stereocenters. The van der Waals surface area contributed by atoms with Gasteiger partial charge in [-0.1, -0.05) is 74.5 Å². The van der Waals surface area contributed by atoms with Crippen molar-refractivity contribution in [2.45, 2.75) is 19.3 Å². The molecule has 0 unspecified atom stereocenters. The number of thiophene rings is 2. The van der Waals surface area contributed by atoms with Crippen molar-refractivity contribution in [3.05, 3.63) is 96.1 Å². The van der Waals surface area contributed by atoms with Gasteiger partial charge in [-0.15, -0.1) is 22.7 Å². The van der Waals surface area contributed by atoms with Crippen LogP contribution in [0.1, 0.15) is 25.0 Å². The summed E-state index contributed by atoms with van der Waals surface area (Å²) in [5.41, 5.74) is 5.68. The SMILES string of the molecule is CC1(C)c2ccccc2-c2c3c1c1c(cc3cc3sc4ccccc4c23)sc2ccccc21. The molecule has 1 aliphatic rings. The van der Waals surface area contributed by atoms with E-state index in [0.29, 0.717) is 0 Å². The van der Waals surface area contributed by atoms with Crippen molar-refractivity contribution in [3.63, 3.8) is 0 Å². The summed E-state index contributed by atoms with van der Waals surface area (Å²) in [5, 5.41) is 8.47. The van der Waals surface area contributed by atoms with Gasteiger partial charge in [-0.05, 0) is 57.3 Å². The zero-order valence-electron chi connectivity index (χ0n) is 18.4. The Morgan fingerprint density at radius 2 is 1.15 bits per heavy atom. The largest absolute Gasteiger partial charge is 0.135 e. The third-order valence-electron chi connectivity index (χ3n) is 7.60. The summed E-state index contributed by atoms with van der Waals surface area (Å²) in [7, 11) is 0. The minimum Gasteiger partial charge on any atom is -0.135 e. The summed E-state index contributed by atoms with van der Waals surface area (Å²) in [6.45, 7) is 4.84. The Labute approximate surface area is 199 Å². The molecular formula is C31H20S2. The van der Waals surface area contributed by atoms with Gasteiger partial charge in [-0.3, -0.25) is 0 Å². The number of hydrogen-bond acceptors (Lipinski definition) is 2. The van der Waals surface area contributed by atoms with Gasteiger partial charge in [0.2, 0.25) is 0 Å². The van der Waals surface area contributed by atoms with E-state index >= 15 is 0 Å².